The Balaban J connectivity index is 1.09. The van der Waals surface area contributed by atoms with Crippen molar-refractivity contribution in [3.05, 3.63) is 41.6 Å². The van der Waals surface area contributed by atoms with Gasteiger partial charge in [0.15, 0.2) is 0 Å². The van der Waals surface area contributed by atoms with Crippen LogP contribution in [0.3, 0.4) is 0 Å². The normalized spacial score (nSPS) is 19.3. The van der Waals surface area contributed by atoms with Crippen molar-refractivity contribution in [3.63, 3.8) is 0 Å². The first-order chi connectivity index (χ1) is 18.2. The Labute approximate surface area is 235 Å². The highest BCUT2D eigenvalue weighted by molar-refractivity contribution is 7.99. The molecule has 3 aliphatic rings. The number of carbonyl (C=O) groups is 1. The number of rotatable bonds is 6. The van der Waals surface area contributed by atoms with Crippen molar-refractivity contribution in [1.82, 2.24) is 14.8 Å². The highest BCUT2D eigenvalue weighted by atomic mass is 35.5. The Morgan fingerprint density at radius 3 is 2.68 bits per heavy atom. The molecule has 2 fully saturated rings. The molecule has 1 aromatic heterocycles. The molecule has 0 atom stereocenters. The van der Waals surface area contributed by atoms with Gasteiger partial charge in [-0.2, -0.15) is 0 Å². The van der Waals surface area contributed by atoms with E-state index in [0.717, 1.165) is 81.4 Å². The second-order valence-electron chi connectivity index (χ2n) is 11.5. The first-order valence-electron chi connectivity index (χ1n) is 13.8. The molecule has 1 aromatic carbocycles. The van der Waals surface area contributed by atoms with Crippen LogP contribution >= 0.6 is 23.4 Å². The first kappa shape index (κ1) is 27.6. The molecule has 0 radical (unpaired) electrons. The van der Waals surface area contributed by atoms with Crippen LogP contribution in [0.2, 0.25) is 5.02 Å². The molecule has 1 amide bonds. The molecule has 0 bridgehead atoms. The van der Waals surface area contributed by atoms with Crippen LogP contribution in [0.25, 0.3) is 0 Å². The molecule has 206 valence electrons. The molecular weight excluding hydrogens is 520 g/mol. The van der Waals surface area contributed by atoms with Crippen LogP contribution in [-0.2, 0) is 9.47 Å². The van der Waals surface area contributed by atoms with E-state index in [2.05, 4.69) is 28.0 Å². The van der Waals surface area contributed by atoms with E-state index in [-0.39, 0.29) is 11.7 Å². The molecule has 4 heterocycles. The Morgan fingerprint density at radius 1 is 1.11 bits per heavy atom. The van der Waals surface area contributed by atoms with E-state index < -0.39 is 5.60 Å². The lowest BCUT2D eigenvalue weighted by molar-refractivity contribution is -0.134. The number of ether oxygens (including phenoxy) is 2. The van der Waals surface area contributed by atoms with E-state index in [9.17, 15) is 4.79 Å². The number of hydrogen-bond acceptors (Lipinski definition) is 7. The molecule has 9 heteroatoms. The van der Waals surface area contributed by atoms with Crippen LogP contribution in [0, 0.1) is 0 Å². The highest BCUT2D eigenvalue weighted by Crippen LogP contribution is 2.47. The fourth-order valence-corrected chi connectivity index (χ4v) is 6.75. The van der Waals surface area contributed by atoms with Gasteiger partial charge in [0.25, 0.3) is 0 Å². The third kappa shape index (κ3) is 6.58. The highest BCUT2D eigenvalue weighted by Gasteiger charge is 2.41. The molecule has 0 N–H and O–H groups in total. The molecule has 3 aliphatic heterocycles. The largest absolute Gasteiger partial charge is 0.444 e. The number of hydrogen-bond donors (Lipinski definition) is 0. The number of benzene rings is 1. The smallest absolute Gasteiger partial charge is 0.410 e. The lowest BCUT2D eigenvalue weighted by Gasteiger charge is -2.47. The Morgan fingerprint density at radius 2 is 1.89 bits per heavy atom. The number of carbonyl (C=O) groups excluding carboxylic acids is 1. The monoisotopic (exact) mass is 558 g/mol. The zero-order chi connectivity index (χ0) is 26.8. The van der Waals surface area contributed by atoms with Gasteiger partial charge in [0.2, 0.25) is 0 Å². The van der Waals surface area contributed by atoms with Crippen molar-refractivity contribution in [2.24, 2.45) is 0 Å². The second-order valence-corrected chi connectivity index (χ2v) is 13.0. The predicted octanol–water partition coefficient (Wildman–Crippen LogP) is 6.61. The zero-order valence-corrected chi connectivity index (χ0v) is 24.3. The van der Waals surface area contributed by atoms with Crippen LogP contribution in [0.5, 0.6) is 0 Å². The van der Waals surface area contributed by atoms with Gasteiger partial charge in [-0.15, -0.1) is 0 Å². The number of fused-ring (bicyclic) bond motifs is 2. The van der Waals surface area contributed by atoms with Crippen molar-refractivity contribution >= 4 is 41.0 Å². The van der Waals surface area contributed by atoms with Crippen LogP contribution < -0.4 is 4.90 Å². The molecule has 0 unspecified atom stereocenters. The van der Waals surface area contributed by atoms with Crippen molar-refractivity contribution < 1.29 is 14.3 Å². The molecule has 38 heavy (non-hydrogen) atoms. The summed E-state index contributed by atoms with van der Waals surface area (Å²) in [5.41, 5.74) is 0.551. The van der Waals surface area contributed by atoms with Crippen molar-refractivity contribution in [2.45, 2.75) is 73.9 Å². The number of nitrogens with zero attached hydrogens (tertiary/aromatic N) is 4. The summed E-state index contributed by atoms with van der Waals surface area (Å²) in [6.45, 7) is 11.8. The van der Waals surface area contributed by atoms with Crippen LogP contribution in [0.15, 0.2) is 46.3 Å². The van der Waals surface area contributed by atoms with E-state index in [4.69, 9.17) is 26.1 Å². The summed E-state index contributed by atoms with van der Waals surface area (Å²) in [4.78, 5) is 26.3. The number of unbranched alkanes of at least 4 members (excludes halogenated alkanes) is 2. The van der Waals surface area contributed by atoms with E-state index in [1.807, 2.05) is 44.0 Å². The zero-order valence-electron chi connectivity index (χ0n) is 22.7. The molecule has 1 spiro atoms. The van der Waals surface area contributed by atoms with Gasteiger partial charge < -0.3 is 19.3 Å². The second kappa shape index (κ2) is 11.6. The maximum absolute atomic E-state index is 12.5. The lowest BCUT2D eigenvalue weighted by atomic mass is 9.89. The molecule has 0 saturated carbocycles. The molecule has 2 aromatic rings. The fraction of sp³-hybridized carbons (Fsp3) is 0.586. The summed E-state index contributed by atoms with van der Waals surface area (Å²) >= 11 is 8.11. The third-order valence-corrected chi connectivity index (χ3v) is 8.79. The number of morpholine rings is 1. The van der Waals surface area contributed by atoms with Gasteiger partial charge in [-0.1, -0.05) is 29.8 Å². The summed E-state index contributed by atoms with van der Waals surface area (Å²) < 4.78 is 11.9. The van der Waals surface area contributed by atoms with Crippen molar-refractivity contribution in [2.75, 3.05) is 50.8 Å². The third-order valence-electron chi connectivity index (χ3n) is 7.45. The van der Waals surface area contributed by atoms with Crippen LogP contribution in [0.1, 0.15) is 52.9 Å². The average molecular weight is 559 g/mol. The predicted molar refractivity (Wildman–Crippen MR) is 153 cm³/mol. The number of likely N-dealkylation sites (tertiary alicyclic amines) is 1. The number of halogens is 1. The van der Waals surface area contributed by atoms with Gasteiger partial charge in [0.1, 0.15) is 11.4 Å². The molecule has 7 nitrogen and oxygen atoms in total. The SMILES string of the molecule is CC(C)(C)OC(=O)N1CCC2(CC1)CN(CCCCCN1c3cc(Cl)ccc3Sc3cccnc31)CCO2. The number of piperidine rings is 1. The van der Waals surface area contributed by atoms with Gasteiger partial charge in [0.05, 0.1) is 22.8 Å². The van der Waals surface area contributed by atoms with Gasteiger partial charge in [-0.3, -0.25) is 4.90 Å². The van der Waals surface area contributed by atoms with E-state index >= 15 is 0 Å². The number of anilines is 2. The Hall–Kier alpha value is -2.00. The summed E-state index contributed by atoms with van der Waals surface area (Å²) in [5.74, 6) is 1.03. The standard InChI is InChI=1S/C29H39ClN4O3S/c1-28(2,3)37-27(35)33-16-11-29(12-17-33)21-32(18-19-36-29)14-5-4-6-15-34-23-20-22(30)9-10-24(23)38-25-8-7-13-31-26(25)34/h7-10,13,20H,4-6,11-12,14-19,21H2,1-3H3. The molecule has 0 aliphatic carbocycles. The summed E-state index contributed by atoms with van der Waals surface area (Å²) in [7, 11) is 0. The summed E-state index contributed by atoms with van der Waals surface area (Å²) in [5, 5.41) is 0.756. The van der Waals surface area contributed by atoms with Crippen LogP contribution in [0.4, 0.5) is 16.3 Å². The minimum absolute atomic E-state index is 0.138. The van der Waals surface area contributed by atoms with Crippen LogP contribution in [-0.4, -0.2) is 78.0 Å². The maximum atomic E-state index is 12.5. The van der Waals surface area contributed by atoms with Crippen molar-refractivity contribution in [3.8, 4) is 0 Å². The number of amides is 1. The van der Waals surface area contributed by atoms with Gasteiger partial charge in [-0.05, 0) is 83.3 Å². The Bertz CT molecular complexity index is 1130. The van der Waals surface area contributed by atoms with E-state index in [1.54, 1.807) is 11.8 Å². The summed E-state index contributed by atoms with van der Waals surface area (Å²) in [6, 6.07) is 10.3. The molecular formula is C29H39ClN4O3S. The minimum Gasteiger partial charge on any atom is -0.444 e. The van der Waals surface area contributed by atoms with Crippen molar-refractivity contribution in [1.29, 1.82) is 0 Å². The van der Waals surface area contributed by atoms with Gasteiger partial charge in [-0.25, -0.2) is 9.78 Å². The number of pyridine rings is 1. The van der Waals surface area contributed by atoms with E-state index in [1.165, 1.54) is 9.79 Å². The van der Waals surface area contributed by atoms with Gasteiger partial charge in [0, 0.05) is 48.8 Å². The first-order valence-corrected chi connectivity index (χ1v) is 15.0. The topological polar surface area (TPSA) is 58.1 Å². The summed E-state index contributed by atoms with van der Waals surface area (Å²) in [6.07, 6.45) is 6.78. The Kier molecular flexibility index (Phi) is 8.43. The van der Waals surface area contributed by atoms with E-state index in [0.29, 0.717) is 13.1 Å². The lowest BCUT2D eigenvalue weighted by Crippen LogP contribution is -2.57. The molecule has 5 rings (SSSR count). The maximum Gasteiger partial charge on any atom is 0.410 e. The molecule has 2 saturated heterocycles. The van der Waals surface area contributed by atoms with Gasteiger partial charge >= 0.3 is 6.09 Å². The number of aromatic nitrogens is 1. The average Bonchev–Trinajstić information content (AvgIpc) is 2.88. The minimum atomic E-state index is -0.465. The quantitative estimate of drug-likeness (QED) is 0.370. The fourth-order valence-electron chi connectivity index (χ4n) is 5.53.